The number of nitro groups is 1. The number of esters is 1. The summed E-state index contributed by atoms with van der Waals surface area (Å²) in [6, 6.07) is 13.6. The fourth-order valence-corrected chi connectivity index (χ4v) is 3.72. The van der Waals surface area contributed by atoms with Crippen molar-refractivity contribution in [1.82, 2.24) is 0 Å². The van der Waals surface area contributed by atoms with Gasteiger partial charge in [-0.2, -0.15) is 0 Å². The van der Waals surface area contributed by atoms with Crippen LogP contribution in [0.1, 0.15) is 63.5 Å². The van der Waals surface area contributed by atoms with E-state index in [2.05, 4.69) is 12.2 Å². The van der Waals surface area contributed by atoms with Crippen LogP contribution in [0.5, 0.6) is 0 Å². The lowest BCUT2D eigenvalue weighted by Crippen LogP contribution is -2.28. The van der Waals surface area contributed by atoms with Gasteiger partial charge in [0.05, 0.1) is 23.0 Å². The highest BCUT2D eigenvalue weighted by Gasteiger charge is 2.32. The minimum atomic E-state index is -0.690. The molecule has 0 bridgehead atoms. The number of ether oxygens (including phenoxy) is 2. The number of amides is 1. The van der Waals surface area contributed by atoms with Gasteiger partial charge in [-0.15, -0.1) is 0 Å². The molecule has 0 fully saturated rings. The normalized spacial score (nSPS) is 13.5. The van der Waals surface area contributed by atoms with Gasteiger partial charge in [-0.05, 0) is 62.3 Å². The summed E-state index contributed by atoms with van der Waals surface area (Å²) in [5.74, 6) is 0.0962. The first-order valence-corrected chi connectivity index (χ1v) is 11.1. The van der Waals surface area contributed by atoms with Gasteiger partial charge in [0.15, 0.2) is 0 Å². The Morgan fingerprint density at radius 2 is 1.79 bits per heavy atom. The average molecular weight is 457 g/mol. The zero-order valence-electron chi connectivity index (χ0n) is 19.6. The fourth-order valence-electron chi connectivity index (χ4n) is 3.72. The van der Waals surface area contributed by atoms with Crippen LogP contribution < -0.4 is 5.32 Å². The Balaban J connectivity index is 1.95. The van der Waals surface area contributed by atoms with Gasteiger partial charge < -0.3 is 9.47 Å². The van der Waals surface area contributed by atoms with Gasteiger partial charge in [0.1, 0.15) is 6.61 Å². The van der Waals surface area contributed by atoms with E-state index in [1.54, 1.807) is 30.3 Å². The number of nitro benzene ring substituents is 1. The van der Waals surface area contributed by atoms with Crippen LogP contribution in [-0.2, 0) is 20.9 Å². The molecule has 0 aliphatic heterocycles. The molecule has 2 unspecified atom stereocenters. The Labute approximate surface area is 194 Å². The van der Waals surface area contributed by atoms with Crippen molar-refractivity contribution in [3.05, 3.63) is 69.8 Å². The van der Waals surface area contributed by atoms with Crippen molar-refractivity contribution in [3.63, 3.8) is 0 Å². The van der Waals surface area contributed by atoms with Crippen LogP contribution in [0.3, 0.4) is 0 Å². The largest absolute Gasteiger partial charge is 0.469 e. The summed E-state index contributed by atoms with van der Waals surface area (Å²) < 4.78 is 10.1. The molecule has 2 rings (SSSR count). The van der Waals surface area contributed by atoms with E-state index >= 15 is 0 Å². The van der Waals surface area contributed by atoms with Crippen molar-refractivity contribution in [2.45, 2.75) is 59.0 Å². The summed E-state index contributed by atoms with van der Waals surface area (Å²) in [5, 5.41) is 13.7. The number of nitrogens with one attached hydrogen (secondary N) is 1. The predicted molar refractivity (Wildman–Crippen MR) is 126 cm³/mol. The summed E-state index contributed by atoms with van der Waals surface area (Å²) >= 11 is 0. The second kappa shape index (κ2) is 12.0. The molecular weight excluding hydrogens is 424 g/mol. The lowest BCUT2D eigenvalue weighted by Gasteiger charge is -2.27. The van der Waals surface area contributed by atoms with Gasteiger partial charge >= 0.3 is 12.1 Å². The molecule has 2 aromatic carbocycles. The first-order valence-electron chi connectivity index (χ1n) is 11.1. The van der Waals surface area contributed by atoms with Gasteiger partial charge in [-0.1, -0.05) is 38.1 Å². The van der Waals surface area contributed by atoms with E-state index in [0.717, 1.165) is 24.8 Å². The number of hydrogen-bond donors (Lipinski definition) is 1. The van der Waals surface area contributed by atoms with Crippen LogP contribution in [0.2, 0.25) is 0 Å². The second-order valence-electron chi connectivity index (χ2n) is 8.26. The molecule has 0 aromatic heterocycles. The van der Waals surface area contributed by atoms with Crippen LogP contribution >= 0.6 is 0 Å². The van der Waals surface area contributed by atoms with Crippen LogP contribution in [0.15, 0.2) is 48.5 Å². The molecule has 2 aromatic rings. The standard InChI is InChI=1S/C25H32N2O6/c1-5-18(15-16-25(3,6-2)23(28)32-4)19-11-13-21(14-12-19)26-24(29)33-17-20-9-7-8-10-22(20)27(30)31/h7-14,18H,5-6,15-17H2,1-4H3,(H,26,29). The summed E-state index contributed by atoms with van der Waals surface area (Å²) in [7, 11) is 1.42. The maximum Gasteiger partial charge on any atom is 0.411 e. The highest BCUT2D eigenvalue weighted by molar-refractivity contribution is 5.84. The van der Waals surface area contributed by atoms with Gasteiger partial charge in [-0.25, -0.2) is 4.79 Å². The van der Waals surface area contributed by atoms with E-state index in [1.165, 1.54) is 13.2 Å². The van der Waals surface area contributed by atoms with Crippen LogP contribution in [0.25, 0.3) is 0 Å². The predicted octanol–water partition coefficient (Wildman–Crippen LogP) is 6.21. The molecule has 8 nitrogen and oxygen atoms in total. The van der Waals surface area contributed by atoms with E-state index in [1.807, 2.05) is 26.0 Å². The second-order valence-corrected chi connectivity index (χ2v) is 8.26. The Morgan fingerprint density at radius 3 is 2.36 bits per heavy atom. The zero-order chi connectivity index (χ0) is 24.4. The number of para-hydroxylation sites is 1. The first kappa shape index (κ1) is 25.8. The number of carbonyl (C=O) groups is 2. The third-order valence-electron chi connectivity index (χ3n) is 6.17. The molecule has 0 spiro atoms. The smallest absolute Gasteiger partial charge is 0.411 e. The lowest BCUT2D eigenvalue weighted by molar-refractivity contribution is -0.385. The monoisotopic (exact) mass is 456 g/mol. The van der Waals surface area contributed by atoms with E-state index in [9.17, 15) is 19.7 Å². The molecule has 0 aliphatic rings. The number of nitrogens with zero attached hydrogens (tertiary/aromatic N) is 1. The van der Waals surface area contributed by atoms with Gasteiger partial charge in [0, 0.05) is 11.8 Å². The van der Waals surface area contributed by atoms with E-state index < -0.39 is 16.4 Å². The lowest BCUT2D eigenvalue weighted by atomic mass is 9.78. The van der Waals surface area contributed by atoms with Gasteiger partial charge in [0.25, 0.3) is 5.69 Å². The van der Waals surface area contributed by atoms with Crippen LogP contribution in [0, 0.1) is 15.5 Å². The maximum absolute atomic E-state index is 12.1. The van der Waals surface area contributed by atoms with Crippen LogP contribution in [-0.4, -0.2) is 24.1 Å². The maximum atomic E-state index is 12.1. The molecule has 0 saturated carbocycles. The van der Waals surface area contributed by atoms with Crippen molar-refractivity contribution >= 4 is 23.4 Å². The van der Waals surface area contributed by atoms with Crippen molar-refractivity contribution in [2.24, 2.45) is 5.41 Å². The molecule has 1 amide bonds. The minimum Gasteiger partial charge on any atom is -0.469 e. The molecule has 33 heavy (non-hydrogen) atoms. The molecular formula is C25H32N2O6. The summed E-state index contributed by atoms with van der Waals surface area (Å²) in [6.45, 7) is 5.84. The summed E-state index contributed by atoms with van der Waals surface area (Å²) in [6.07, 6.45) is 2.52. The number of rotatable bonds is 11. The molecule has 0 radical (unpaired) electrons. The van der Waals surface area contributed by atoms with Crippen molar-refractivity contribution in [1.29, 1.82) is 0 Å². The zero-order valence-corrected chi connectivity index (χ0v) is 19.6. The SMILES string of the molecule is CCC(CCC(C)(CC)C(=O)OC)c1ccc(NC(=O)OCc2ccccc2[N+](=O)[O-])cc1. The number of carbonyl (C=O) groups excluding carboxylic acids is 2. The van der Waals surface area contributed by atoms with Crippen molar-refractivity contribution < 1.29 is 24.0 Å². The molecule has 8 heteroatoms. The topological polar surface area (TPSA) is 108 Å². The highest BCUT2D eigenvalue weighted by Crippen LogP contribution is 2.35. The molecule has 0 aliphatic carbocycles. The Morgan fingerprint density at radius 1 is 1.12 bits per heavy atom. The highest BCUT2D eigenvalue weighted by atomic mass is 16.6. The van der Waals surface area contributed by atoms with Gasteiger partial charge in [-0.3, -0.25) is 20.2 Å². The fraction of sp³-hybridized carbons (Fsp3) is 0.440. The Kier molecular flexibility index (Phi) is 9.39. The third-order valence-corrected chi connectivity index (χ3v) is 6.17. The molecule has 178 valence electrons. The third kappa shape index (κ3) is 7.03. The quantitative estimate of drug-likeness (QED) is 0.245. The Bertz CT molecular complexity index is 960. The average Bonchev–Trinajstić information content (AvgIpc) is 2.83. The summed E-state index contributed by atoms with van der Waals surface area (Å²) in [4.78, 5) is 34.8. The van der Waals surface area contributed by atoms with Crippen molar-refractivity contribution in [3.8, 4) is 0 Å². The van der Waals surface area contributed by atoms with E-state index in [4.69, 9.17) is 9.47 Å². The molecule has 0 saturated heterocycles. The summed E-state index contributed by atoms with van der Waals surface area (Å²) in [5.41, 5.74) is 1.42. The van der Waals surface area contributed by atoms with E-state index in [-0.39, 0.29) is 24.2 Å². The molecule has 0 heterocycles. The first-order chi connectivity index (χ1) is 15.7. The number of anilines is 1. The molecule has 2 atom stereocenters. The number of hydrogen-bond acceptors (Lipinski definition) is 6. The number of benzene rings is 2. The van der Waals surface area contributed by atoms with E-state index in [0.29, 0.717) is 17.7 Å². The molecule has 1 N–H and O–H groups in total. The van der Waals surface area contributed by atoms with Crippen molar-refractivity contribution in [2.75, 3.05) is 12.4 Å². The van der Waals surface area contributed by atoms with Crippen LogP contribution in [0.4, 0.5) is 16.2 Å². The van der Waals surface area contributed by atoms with Gasteiger partial charge in [0.2, 0.25) is 0 Å². The number of methoxy groups -OCH3 is 1. The Hall–Kier alpha value is -3.42. The minimum absolute atomic E-state index is 0.0911.